The molecule has 0 fully saturated rings. The van der Waals surface area contributed by atoms with Gasteiger partial charge in [-0.1, -0.05) is 0 Å². The van der Waals surface area contributed by atoms with Gasteiger partial charge in [-0.15, -0.1) is 0 Å². The standard InChI is InChI=1S/C15H23F2NO2/c1-3-19-15(20-4-2)6-8-18-7-5-12-9-13(16)11-14(17)10-12/h9-11,15,18H,3-8H2,1-2H3. The van der Waals surface area contributed by atoms with Gasteiger partial charge in [0, 0.05) is 25.7 Å². The van der Waals surface area contributed by atoms with Crippen LogP contribution in [0.25, 0.3) is 0 Å². The van der Waals surface area contributed by atoms with Crippen LogP contribution in [-0.2, 0) is 15.9 Å². The zero-order chi connectivity index (χ0) is 14.8. The molecule has 3 nitrogen and oxygen atoms in total. The molecule has 114 valence electrons. The van der Waals surface area contributed by atoms with E-state index in [4.69, 9.17) is 9.47 Å². The van der Waals surface area contributed by atoms with Crippen LogP contribution in [0.2, 0.25) is 0 Å². The number of hydrogen-bond acceptors (Lipinski definition) is 3. The van der Waals surface area contributed by atoms with Crippen LogP contribution in [0.15, 0.2) is 18.2 Å². The van der Waals surface area contributed by atoms with Crippen LogP contribution in [0.4, 0.5) is 8.78 Å². The Bertz CT molecular complexity index is 362. The summed E-state index contributed by atoms with van der Waals surface area (Å²) in [7, 11) is 0. The number of halogens is 2. The van der Waals surface area contributed by atoms with Gasteiger partial charge in [0.05, 0.1) is 0 Å². The van der Waals surface area contributed by atoms with E-state index in [1.54, 1.807) is 0 Å². The van der Waals surface area contributed by atoms with Crippen LogP contribution < -0.4 is 5.32 Å². The number of hydrogen-bond donors (Lipinski definition) is 1. The molecule has 1 N–H and O–H groups in total. The van der Waals surface area contributed by atoms with Crippen molar-refractivity contribution in [3.8, 4) is 0 Å². The quantitative estimate of drug-likeness (QED) is 0.530. The first-order valence-electron chi connectivity index (χ1n) is 7.04. The highest BCUT2D eigenvalue weighted by Gasteiger charge is 2.06. The van der Waals surface area contributed by atoms with Crippen LogP contribution in [-0.4, -0.2) is 32.6 Å². The van der Waals surface area contributed by atoms with Crippen LogP contribution in [0, 0.1) is 11.6 Å². The lowest BCUT2D eigenvalue weighted by atomic mass is 10.1. The molecule has 1 rings (SSSR count). The van der Waals surface area contributed by atoms with E-state index in [0.717, 1.165) is 19.0 Å². The molecule has 1 aromatic carbocycles. The fraction of sp³-hybridized carbons (Fsp3) is 0.600. The van der Waals surface area contributed by atoms with Crippen molar-refractivity contribution in [1.29, 1.82) is 0 Å². The summed E-state index contributed by atoms with van der Waals surface area (Å²) in [5.74, 6) is -1.07. The fourth-order valence-electron chi connectivity index (χ4n) is 1.92. The molecule has 0 heterocycles. The van der Waals surface area contributed by atoms with Crippen molar-refractivity contribution in [1.82, 2.24) is 5.32 Å². The van der Waals surface area contributed by atoms with Gasteiger partial charge >= 0.3 is 0 Å². The van der Waals surface area contributed by atoms with Crippen LogP contribution in [0.1, 0.15) is 25.8 Å². The normalized spacial score (nSPS) is 11.2. The molecule has 0 amide bonds. The van der Waals surface area contributed by atoms with Gasteiger partial charge in [-0.05, 0) is 51.1 Å². The Labute approximate surface area is 119 Å². The van der Waals surface area contributed by atoms with E-state index in [2.05, 4.69) is 5.32 Å². The van der Waals surface area contributed by atoms with E-state index in [-0.39, 0.29) is 6.29 Å². The van der Waals surface area contributed by atoms with Crippen molar-refractivity contribution in [3.63, 3.8) is 0 Å². The second-order valence-corrected chi connectivity index (χ2v) is 4.41. The first-order valence-corrected chi connectivity index (χ1v) is 7.04. The summed E-state index contributed by atoms with van der Waals surface area (Å²) >= 11 is 0. The highest BCUT2D eigenvalue weighted by molar-refractivity contribution is 5.18. The van der Waals surface area contributed by atoms with E-state index >= 15 is 0 Å². The Morgan fingerprint density at radius 3 is 2.15 bits per heavy atom. The molecule has 0 atom stereocenters. The van der Waals surface area contributed by atoms with Crippen molar-refractivity contribution < 1.29 is 18.3 Å². The maximum Gasteiger partial charge on any atom is 0.158 e. The Morgan fingerprint density at radius 2 is 1.60 bits per heavy atom. The lowest BCUT2D eigenvalue weighted by Gasteiger charge is -2.16. The lowest BCUT2D eigenvalue weighted by Crippen LogP contribution is -2.26. The number of benzene rings is 1. The van der Waals surface area contributed by atoms with Gasteiger partial charge in [0.15, 0.2) is 6.29 Å². The summed E-state index contributed by atoms with van der Waals surface area (Å²) in [4.78, 5) is 0. The Hall–Kier alpha value is -1.04. The van der Waals surface area contributed by atoms with E-state index in [9.17, 15) is 8.78 Å². The molecule has 0 aliphatic carbocycles. The summed E-state index contributed by atoms with van der Waals surface area (Å²) in [6.07, 6.45) is 1.14. The van der Waals surface area contributed by atoms with Gasteiger partial charge in [0.2, 0.25) is 0 Å². The molecule has 0 aromatic heterocycles. The van der Waals surface area contributed by atoms with E-state index in [1.807, 2.05) is 13.8 Å². The first-order chi connectivity index (χ1) is 9.65. The van der Waals surface area contributed by atoms with Gasteiger partial charge in [0.1, 0.15) is 11.6 Å². The summed E-state index contributed by atoms with van der Waals surface area (Å²) in [5.41, 5.74) is 0.654. The third kappa shape index (κ3) is 6.93. The van der Waals surface area contributed by atoms with Gasteiger partial charge < -0.3 is 14.8 Å². The molecule has 5 heteroatoms. The molecular formula is C15H23F2NO2. The van der Waals surface area contributed by atoms with Gasteiger partial charge in [-0.3, -0.25) is 0 Å². The Morgan fingerprint density at radius 1 is 1.00 bits per heavy atom. The van der Waals surface area contributed by atoms with Crippen LogP contribution in [0.3, 0.4) is 0 Å². The molecule has 1 aromatic rings. The second kappa shape index (κ2) is 9.80. The second-order valence-electron chi connectivity index (χ2n) is 4.41. The predicted molar refractivity (Wildman–Crippen MR) is 74.6 cm³/mol. The smallest absolute Gasteiger partial charge is 0.158 e. The van der Waals surface area contributed by atoms with Gasteiger partial charge in [-0.25, -0.2) is 8.78 Å². The molecule has 0 saturated heterocycles. The van der Waals surface area contributed by atoms with Crippen LogP contribution >= 0.6 is 0 Å². The topological polar surface area (TPSA) is 30.5 Å². The fourth-order valence-corrected chi connectivity index (χ4v) is 1.92. The third-order valence-electron chi connectivity index (χ3n) is 2.77. The van der Waals surface area contributed by atoms with E-state index in [0.29, 0.717) is 31.7 Å². The van der Waals surface area contributed by atoms with Crippen LogP contribution in [0.5, 0.6) is 0 Å². The van der Waals surface area contributed by atoms with E-state index < -0.39 is 11.6 Å². The lowest BCUT2D eigenvalue weighted by molar-refractivity contribution is -0.138. The summed E-state index contributed by atoms with van der Waals surface area (Å²) < 4.78 is 36.8. The highest BCUT2D eigenvalue weighted by Crippen LogP contribution is 2.08. The highest BCUT2D eigenvalue weighted by atomic mass is 19.1. The predicted octanol–water partition coefficient (Wildman–Crippen LogP) is 2.89. The zero-order valence-corrected chi connectivity index (χ0v) is 12.1. The maximum atomic E-state index is 13.0. The minimum absolute atomic E-state index is 0.191. The molecular weight excluding hydrogens is 264 g/mol. The SMILES string of the molecule is CCOC(CCNCCc1cc(F)cc(F)c1)OCC. The van der Waals surface area contributed by atoms with Crippen molar-refractivity contribution in [2.75, 3.05) is 26.3 Å². The number of rotatable bonds is 10. The molecule has 0 bridgehead atoms. The molecule has 0 radical (unpaired) electrons. The molecule has 0 aliphatic rings. The minimum atomic E-state index is -0.534. The number of ether oxygens (including phenoxy) is 2. The Balaban J connectivity index is 2.20. The van der Waals surface area contributed by atoms with Crippen molar-refractivity contribution in [2.24, 2.45) is 0 Å². The average Bonchev–Trinajstić information content (AvgIpc) is 2.37. The molecule has 0 spiro atoms. The van der Waals surface area contributed by atoms with Gasteiger partial charge in [0.25, 0.3) is 0 Å². The summed E-state index contributed by atoms with van der Waals surface area (Å²) in [6.45, 7) is 6.49. The number of nitrogens with one attached hydrogen (secondary N) is 1. The average molecular weight is 287 g/mol. The third-order valence-corrected chi connectivity index (χ3v) is 2.77. The van der Waals surface area contributed by atoms with E-state index in [1.165, 1.54) is 12.1 Å². The molecule has 0 aliphatic heterocycles. The van der Waals surface area contributed by atoms with Gasteiger partial charge in [-0.2, -0.15) is 0 Å². The molecule has 0 unspecified atom stereocenters. The maximum absolute atomic E-state index is 13.0. The summed E-state index contributed by atoms with van der Waals surface area (Å²) in [6, 6.07) is 3.59. The monoisotopic (exact) mass is 287 g/mol. The molecule has 20 heavy (non-hydrogen) atoms. The van der Waals surface area contributed by atoms with Crippen molar-refractivity contribution in [2.45, 2.75) is 33.0 Å². The summed E-state index contributed by atoms with van der Waals surface area (Å²) in [5, 5.41) is 3.22. The minimum Gasteiger partial charge on any atom is -0.353 e. The molecule has 0 saturated carbocycles. The largest absolute Gasteiger partial charge is 0.353 e. The van der Waals surface area contributed by atoms with Crippen molar-refractivity contribution in [3.05, 3.63) is 35.4 Å². The Kier molecular flexibility index (Phi) is 8.34. The first kappa shape index (κ1) is 17.0. The zero-order valence-electron chi connectivity index (χ0n) is 12.1. The van der Waals surface area contributed by atoms with Crippen molar-refractivity contribution >= 4 is 0 Å².